The van der Waals surface area contributed by atoms with Crippen molar-refractivity contribution in [2.45, 2.75) is 53.4 Å². The molecular formula is C18H36IN3O. The fourth-order valence-electron chi connectivity index (χ4n) is 3.60. The molecule has 2 fully saturated rings. The van der Waals surface area contributed by atoms with E-state index in [-0.39, 0.29) is 24.0 Å². The van der Waals surface area contributed by atoms with E-state index in [0.717, 1.165) is 63.6 Å². The van der Waals surface area contributed by atoms with Gasteiger partial charge in [-0.3, -0.25) is 4.99 Å². The molecule has 1 heterocycles. The van der Waals surface area contributed by atoms with Crippen LogP contribution in [-0.2, 0) is 4.74 Å². The summed E-state index contributed by atoms with van der Waals surface area (Å²) in [7, 11) is 0. The molecule has 5 heteroatoms. The number of rotatable bonds is 7. The summed E-state index contributed by atoms with van der Waals surface area (Å²) in [5.41, 5.74) is 0.433. The van der Waals surface area contributed by atoms with Crippen molar-refractivity contribution >= 4 is 29.9 Å². The van der Waals surface area contributed by atoms with Crippen LogP contribution in [0.25, 0.3) is 0 Å². The summed E-state index contributed by atoms with van der Waals surface area (Å²) < 4.78 is 5.53. The summed E-state index contributed by atoms with van der Waals surface area (Å²) in [5.74, 6) is 2.66. The normalized spacial score (nSPS) is 26.6. The van der Waals surface area contributed by atoms with Crippen molar-refractivity contribution in [1.29, 1.82) is 0 Å². The molecule has 2 atom stereocenters. The second-order valence-corrected chi connectivity index (χ2v) is 7.47. The van der Waals surface area contributed by atoms with E-state index < -0.39 is 0 Å². The molecule has 1 saturated heterocycles. The molecule has 0 amide bonds. The van der Waals surface area contributed by atoms with Crippen molar-refractivity contribution in [3.63, 3.8) is 0 Å². The first-order valence-corrected chi connectivity index (χ1v) is 9.19. The zero-order valence-electron chi connectivity index (χ0n) is 15.4. The molecular weight excluding hydrogens is 401 g/mol. The van der Waals surface area contributed by atoms with Gasteiger partial charge in [-0.1, -0.05) is 13.8 Å². The number of aliphatic imine (C=N–C) groups is 1. The molecule has 136 valence electrons. The maximum absolute atomic E-state index is 5.53. The largest absolute Gasteiger partial charge is 0.382 e. The first-order chi connectivity index (χ1) is 10.6. The van der Waals surface area contributed by atoms with Crippen molar-refractivity contribution in [2.75, 3.05) is 39.4 Å². The van der Waals surface area contributed by atoms with Gasteiger partial charge in [0, 0.05) is 39.4 Å². The minimum absolute atomic E-state index is 0. The van der Waals surface area contributed by atoms with Crippen molar-refractivity contribution in [1.82, 2.24) is 10.2 Å². The fraction of sp³-hybridized carbons (Fsp3) is 0.944. The minimum atomic E-state index is 0. The van der Waals surface area contributed by atoms with Crippen molar-refractivity contribution in [2.24, 2.45) is 22.2 Å². The lowest BCUT2D eigenvalue weighted by Crippen LogP contribution is -2.48. The highest BCUT2D eigenvalue weighted by atomic mass is 127. The third-order valence-corrected chi connectivity index (χ3v) is 5.01. The fourth-order valence-corrected chi connectivity index (χ4v) is 3.60. The van der Waals surface area contributed by atoms with Gasteiger partial charge in [0.2, 0.25) is 0 Å². The molecule has 2 aliphatic rings. The molecule has 2 unspecified atom stereocenters. The molecule has 4 nitrogen and oxygen atoms in total. The lowest BCUT2D eigenvalue weighted by molar-refractivity contribution is 0.129. The van der Waals surface area contributed by atoms with E-state index in [1.165, 1.54) is 19.3 Å². The summed E-state index contributed by atoms with van der Waals surface area (Å²) in [5, 5.41) is 3.51. The van der Waals surface area contributed by atoms with Gasteiger partial charge in [0.15, 0.2) is 5.96 Å². The molecule has 1 saturated carbocycles. The van der Waals surface area contributed by atoms with Gasteiger partial charge in [-0.05, 0) is 56.8 Å². The van der Waals surface area contributed by atoms with Gasteiger partial charge in [0.1, 0.15) is 0 Å². The Bertz CT molecular complexity index is 361. The van der Waals surface area contributed by atoms with Gasteiger partial charge in [0.25, 0.3) is 0 Å². The second kappa shape index (κ2) is 10.1. The van der Waals surface area contributed by atoms with Gasteiger partial charge in [-0.25, -0.2) is 0 Å². The molecule has 0 aromatic heterocycles. The summed E-state index contributed by atoms with van der Waals surface area (Å²) in [4.78, 5) is 7.47. The lowest BCUT2D eigenvalue weighted by Gasteiger charge is -2.37. The number of piperidine rings is 1. The molecule has 0 radical (unpaired) electrons. The molecule has 0 spiro atoms. The Morgan fingerprint density at radius 1 is 1.22 bits per heavy atom. The standard InChI is InChI=1S/C18H35N3O.HI/c1-5-19-17(21-12-15(3)11-16(4)13-21)20-14-18(7-8-18)9-10-22-6-2;/h15-16H,5-14H2,1-4H3,(H,19,20);1H. The Hall–Kier alpha value is -0.0400. The lowest BCUT2D eigenvalue weighted by atomic mass is 9.92. The zero-order chi connectivity index (χ0) is 16.0. The minimum Gasteiger partial charge on any atom is -0.382 e. The van der Waals surface area contributed by atoms with E-state index in [1.807, 2.05) is 0 Å². The molecule has 1 aliphatic heterocycles. The Morgan fingerprint density at radius 3 is 2.39 bits per heavy atom. The van der Waals surface area contributed by atoms with Crippen LogP contribution in [-0.4, -0.2) is 50.3 Å². The van der Waals surface area contributed by atoms with Gasteiger partial charge in [0.05, 0.1) is 0 Å². The number of guanidine groups is 1. The quantitative estimate of drug-likeness (QED) is 0.285. The molecule has 0 aromatic carbocycles. The summed E-state index contributed by atoms with van der Waals surface area (Å²) in [6.07, 6.45) is 5.14. The molecule has 2 rings (SSSR count). The van der Waals surface area contributed by atoms with Crippen LogP contribution in [0.1, 0.15) is 53.4 Å². The van der Waals surface area contributed by atoms with Crippen molar-refractivity contribution in [3.8, 4) is 0 Å². The SMILES string of the molecule is CCNC(=NCC1(CCOCC)CC1)N1CC(C)CC(C)C1.I. The van der Waals surface area contributed by atoms with Crippen LogP contribution in [0.4, 0.5) is 0 Å². The van der Waals surface area contributed by atoms with E-state index in [1.54, 1.807) is 0 Å². The number of ether oxygens (including phenoxy) is 1. The molecule has 23 heavy (non-hydrogen) atoms. The van der Waals surface area contributed by atoms with Crippen LogP contribution in [0.3, 0.4) is 0 Å². The third-order valence-electron chi connectivity index (χ3n) is 5.01. The summed E-state index contributed by atoms with van der Waals surface area (Å²) >= 11 is 0. The predicted octanol–water partition coefficient (Wildman–Crippen LogP) is 3.75. The number of halogens is 1. The maximum atomic E-state index is 5.53. The van der Waals surface area contributed by atoms with Crippen LogP contribution in [0.5, 0.6) is 0 Å². The zero-order valence-corrected chi connectivity index (χ0v) is 17.8. The van der Waals surface area contributed by atoms with Crippen LogP contribution in [0.2, 0.25) is 0 Å². The molecule has 1 N–H and O–H groups in total. The van der Waals surface area contributed by atoms with E-state index in [4.69, 9.17) is 9.73 Å². The average molecular weight is 437 g/mol. The van der Waals surface area contributed by atoms with E-state index >= 15 is 0 Å². The predicted molar refractivity (Wildman–Crippen MR) is 109 cm³/mol. The summed E-state index contributed by atoms with van der Waals surface area (Å²) in [6.45, 7) is 14.9. The number of likely N-dealkylation sites (tertiary alicyclic amines) is 1. The van der Waals surface area contributed by atoms with E-state index in [9.17, 15) is 0 Å². The van der Waals surface area contributed by atoms with Gasteiger partial charge in [-0.2, -0.15) is 0 Å². The molecule has 0 bridgehead atoms. The Labute approximate surface area is 159 Å². The van der Waals surface area contributed by atoms with E-state index in [2.05, 4.69) is 37.9 Å². The number of nitrogens with one attached hydrogen (secondary N) is 1. The van der Waals surface area contributed by atoms with Gasteiger partial charge < -0.3 is 15.0 Å². The van der Waals surface area contributed by atoms with Crippen molar-refractivity contribution in [3.05, 3.63) is 0 Å². The number of hydrogen-bond acceptors (Lipinski definition) is 2. The maximum Gasteiger partial charge on any atom is 0.193 e. The number of hydrogen-bond donors (Lipinski definition) is 1. The van der Waals surface area contributed by atoms with Crippen LogP contribution in [0.15, 0.2) is 4.99 Å². The van der Waals surface area contributed by atoms with E-state index in [0.29, 0.717) is 5.41 Å². The highest BCUT2D eigenvalue weighted by Gasteiger charge is 2.42. The Balaban J connectivity index is 0.00000264. The number of nitrogens with zero attached hydrogens (tertiary/aromatic N) is 2. The highest BCUT2D eigenvalue weighted by molar-refractivity contribution is 14.0. The first kappa shape index (κ1) is 21.0. The van der Waals surface area contributed by atoms with Crippen molar-refractivity contribution < 1.29 is 4.74 Å². The monoisotopic (exact) mass is 437 g/mol. The molecule has 1 aliphatic carbocycles. The average Bonchev–Trinajstić information content (AvgIpc) is 3.23. The summed E-state index contributed by atoms with van der Waals surface area (Å²) in [6, 6.07) is 0. The van der Waals surface area contributed by atoms with Gasteiger partial charge >= 0.3 is 0 Å². The Kier molecular flexibility index (Phi) is 9.19. The van der Waals surface area contributed by atoms with Crippen LogP contribution < -0.4 is 5.32 Å². The third kappa shape index (κ3) is 6.77. The highest BCUT2D eigenvalue weighted by Crippen LogP contribution is 2.49. The smallest absolute Gasteiger partial charge is 0.193 e. The Morgan fingerprint density at radius 2 is 1.87 bits per heavy atom. The van der Waals surface area contributed by atoms with Gasteiger partial charge in [-0.15, -0.1) is 24.0 Å². The topological polar surface area (TPSA) is 36.9 Å². The molecule has 0 aromatic rings. The first-order valence-electron chi connectivity index (χ1n) is 9.19. The van der Waals surface area contributed by atoms with Crippen LogP contribution in [0, 0.1) is 17.3 Å². The van der Waals surface area contributed by atoms with Crippen LogP contribution >= 0.6 is 24.0 Å². The second-order valence-electron chi connectivity index (χ2n) is 7.47.